The van der Waals surface area contributed by atoms with E-state index in [9.17, 15) is 0 Å². The van der Waals surface area contributed by atoms with E-state index >= 15 is 0 Å². The Morgan fingerprint density at radius 1 is 1.00 bits per heavy atom. The maximum absolute atomic E-state index is 5.54. The second kappa shape index (κ2) is 4.93. The van der Waals surface area contributed by atoms with Crippen LogP contribution in [0.4, 0.5) is 5.95 Å². The normalized spacial score (nSPS) is 10.4. The van der Waals surface area contributed by atoms with Gasteiger partial charge in [0.05, 0.1) is 0 Å². The van der Waals surface area contributed by atoms with E-state index in [1.54, 1.807) is 0 Å². The molecule has 0 radical (unpaired) electrons. The van der Waals surface area contributed by atoms with Gasteiger partial charge >= 0.3 is 0 Å². The molecule has 0 bridgehead atoms. The third-order valence-corrected chi connectivity index (χ3v) is 3.46. The first kappa shape index (κ1) is 11.5. The average molecular weight is 343 g/mol. The van der Waals surface area contributed by atoms with Crippen LogP contribution in [0, 0.1) is 0 Å². The molecule has 16 heavy (non-hydrogen) atoms. The second-order valence-corrected chi connectivity index (χ2v) is 4.81. The molecule has 0 spiro atoms. The van der Waals surface area contributed by atoms with Gasteiger partial charge in [0.15, 0.2) is 0 Å². The highest BCUT2D eigenvalue weighted by atomic mass is 79.9. The van der Waals surface area contributed by atoms with Crippen molar-refractivity contribution in [1.82, 2.24) is 9.97 Å². The van der Waals surface area contributed by atoms with Crippen LogP contribution in [-0.2, 0) is 6.42 Å². The van der Waals surface area contributed by atoms with Crippen LogP contribution >= 0.6 is 31.9 Å². The zero-order chi connectivity index (χ0) is 11.5. The van der Waals surface area contributed by atoms with Crippen molar-refractivity contribution in [3.05, 3.63) is 50.7 Å². The molecule has 82 valence electrons. The van der Waals surface area contributed by atoms with Gasteiger partial charge in [0.2, 0.25) is 5.95 Å². The molecule has 3 nitrogen and oxygen atoms in total. The van der Waals surface area contributed by atoms with E-state index in [-0.39, 0.29) is 5.95 Å². The molecule has 2 rings (SSSR count). The van der Waals surface area contributed by atoms with Crippen LogP contribution in [-0.4, -0.2) is 9.97 Å². The summed E-state index contributed by atoms with van der Waals surface area (Å²) in [4.78, 5) is 8.17. The van der Waals surface area contributed by atoms with E-state index in [4.69, 9.17) is 5.73 Å². The van der Waals surface area contributed by atoms with Crippen LogP contribution in [0.1, 0.15) is 11.1 Å². The quantitative estimate of drug-likeness (QED) is 0.853. The predicted molar refractivity (Wildman–Crippen MR) is 71.1 cm³/mol. The summed E-state index contributed by atoms with van der Waals surface area (Å²) in [5.41, 5.74) is 7.75. The van der Waals surface area contributed by atoms with Crippen LogP contribution in [0.5, 0.6) is 0 Å². The molecule has 5 heteroatoms. The van der Waals surface area contributed by atoms with Gasteiger partial charge in [-0.2, -0.15) is 0 Å². The highest BCUT2D eigenvalue weighted by molar-refractivity contribution is 9.11. The Hall–Kier alpha value is -0.940. The molecular formula is C11H9Br2N3. The lowest BCUT2D eigenvalue weighted by Gasteiger charge is -2.06. The van der Waals surface area contributed by atoms with Gasteiger partial charge in [0, 0.05) is 12.0 Å². The predicted octanol–water partition coefficient (Wildman–Crippen LogP) is 3.17. The fourth-order valence-electron chi connectivity index (χ4n) is 1.39. The van der Waals surface area contributed by atoms with Gasteiger partial charge in [0.1, 0.15) is 9.21 Å². The molecule has 0 saturated carbocycles. The smallest absolute Gasteiger partial charge is 0.222 e. The summed E-state index contributed by atoms with van der Waals surface area (Å²) >= 11 is 6.79. The molecule has 0 aliphatic rings. The molecule has 0 fully saturated rings. The van der Waals surface area contributed by atoms with Crippen LogP contribution in [0.15, 0.2) is 39.5 Å². The van der Waals surface area contributed by atoms with E-state index in [1.165, 1.54) is 5.56 Å². The Bertz CT molecular complexity index is 477. The molecule has 0 unspecified atom stereocenters. The first-order chi connectivity index (χ1) is 7.66. The number of nitrogen functional groups attached to an aromatic ring is 1. The van der Waals surface area contributed by atoms with Gasteiger partial charge in [-0.1, -0.05) is 30.3 Å². The van der Waals surface area contributed by atoms with Gasteiger partial charge in [-0.05, 0) is 37.4 Å². The highest BCUT2D eigenvalue weighted by Crippen LogP contribution is 2.25. The molecule has 0 atom stereocenters. The summed E-state index contributed by atoms with van der Waals surface area (Å²) in [7, 11) is 0. The van der Waals surface area contributed by atoms with Crippen LogP contribution in [0.3, 0.4) is 0 Å². The lowest BCUT2D eigenvalue weighted by atomic mass is 10.1. The second-order valence-electron chi connectivity index (χ2n) is 3.30. The molecular weight excluding hydrogens is 334 g/mol. The molecule has 1 aromatic carbocycles. The molecule has 0 amide bonds. The Kier molecular flexibility index (Phi) is 3.56. The van der Waals surface area contributed by atoms with Gasteiger partial charge < -0.3 is 5.73 Å². The molecule has 2 aromatic rings. The standard InChI is InChI=1S/C11H9Br2N3/c12-9-8(10(13)16-11(14)15-9)6-7-4-2-1-3-5-7/h1-5H,6H2,(H2,14,15,16). The maximum Gasteiger partial charge on any atom is 0.222 e. The van der Waals surface area contributed by atoms with Crippen LogP contribution in [0.2, 0.25) is 0 Å². The summed E-state index contributed by atoms with van der Waals surface area (Å²) in [6.07, 6.45) is 0.766. The van der Waals surface area contributed by atoms with Crippen molar-refractivity contribution < 1.29 is 0 Å². The number of rotatable bonds is 2. The Labute approximate surface area is 110 Å². The van der Waals surface area contributed by atoms with Crippen molar-refractivity contribution in [2.75, 3.05) is 5.73 Å². The van der Waals surface area contributed by atoms with E-state index < -0.39 is 0 Å². The Morgan fingerprint density at radius 3 is 2.12 bits per heavy atom. The SMILES string of the molecule is Nc1nc(Br)c(Cc2ccccc2)c(Br)n1. The van der Waals surface area contributed by atoms with Crippen molar-refractivity contribution in [3.8, 4) is 0 Å². The zero-order valence-corrected chi connectivity index (χ0v) is 11.5. The fraction of sp³-hybridized carbons (Fsp3) is 0.0909. The number of nitrogens with two attached hydrogens (primary N) is 1. The average Bonchev–Trinajstić information content (AvgIpc) is 2.25. The van der Waals surface area contributed by atoms with Crippen LogP contribution < -0.4 is 5.73 Å². The maximum atomic E-state index is 5.54. The number of benzene rings is 1. The third-order valence-electron chi connectivity index (χ3n) is 2.15. The van der Waals surface area contributed by atoms with E-state index in [1.807, 2.05) is 18.2 Å². The summed E-state index contributed by atoms with van der Waals surface area (Å²) < 4.78 is 1.46. The first-order valence-electron chi connectivity index (χ1n) is 4.68. The van der Waals surface area contributed by atoms with Gasteiger partial charge in [-0.25, -0.2) is 9.97 Å². The number of hydrogen-bond acceptors (Lipinski definition) is 3. The molecule has 1 heterocycles. The van der Waals surface area contributed by atoms with E-state index in [0.717, 1.165) is 21.2 Å². The van der Waals surface area contributed by atoms with E-state index in [2.05, 4.69) is 54.0 Å². The minimum atomic E-state index is 0.260. The summed E-state index contributed by atoms with van der Waals surface area (Å²) in [6.45, 7) is 0. The van der Waals surface area contributed by atoms with Crippen molar-refractivity contribution in [1.29, 1.82) is 0 Å². The zero-order valence-electron chi connectivity index (χ0n) is 8.32. The Balaban J connectivity index is 2.35. The van der Waals surface area contributed by atoms with Crippen molar-refractivity contribution in [2.24, 2.45) is 0 Å². The van der Waals surface area contributed by atoms with Crippen molar-refractivity contribution >= 4 is 37.8 Å². The van der Waals surface area contributed by atoms with Gasteiger partial charge in [-0.3, -0.25) is 0 Å². The highest BCUT2D eigenvalue weighted by Gasteiger charge is 2.09. The monoisotopic (exact) mass is 341 g/mol. The fourth-order valence-corrected chi connectivity index (χ4v) is 2.68. The molecule has 0 aliphatic heterocycles. The Morgan fingerprint density at radius 2 is 1.56 bits per heavy atom. The summed E-state index contributed by atoms with van der Waals surface area (Å²) in [5, 5.41) is 0. The van der Waals surface area contributed by atoms with E-state index in [0.29, 0.717) is 0 Å². The third kappa shape index (κ3) is 2.59. The lowest BCUT2D eigenvalue weighted by molar-refractivity contribution is 1.03. The molecule has 0 aliphatic carbocycles. The summed E-state index contributed by atoms with van der Waals surface area (Å²) in [6, 6.07) is 10.1. The van der Waals surface area contributed by atoms with Gasteiger partial charge in [-0.15, -0.1) is 0 Å². The molecule has 1 aromatic heterocycles. The van der Waals surface area contributed by atoms with Crippen LogP contribution in [0.25, 0.3) is 0 Å². The minimum Gasteiger partial charge on any atom is -0.368 e. The lowest BCUT2D eigenvalue weighted by Crippen LogP contribution is -2.01. The van der Waals surface area contributed by atoms with Gasteiger partial charge in [0.25, 0.3) is 0 Å². The number of aromatic nitrogens is 2. The molecule has 0 saturated heterocycles. The largest absolute Gasteiger partial charge is 0.368 e. The number of halogens is 2. The summed E-state index contributed by atoms with van der Waals surface area (Å²) in [5.74, 6) is 0.260. The number of hydrogen-bond donors (Lipinski definition) is 1. The van der Waals surface area contributed by atoms with Crippen molar-refractivity contribution in [3.63, 3.8) is 0 Å². The van der Waals surface area contributed by atoms with Crippen molar-refractivity contribution in [2.45, 2.75) is 6.42 Å². The first-order valence-corrected chi connectivity index (χ1v) is 6.26. The number of anilines is 1. The minimum absolute atomic E-state index is 0.260. The molecule has 2 N–H and O–H groups in total. The topological polar surface area (TPSA) is 51.8 Å². The number of nitrogens with zero attached hydrogens (tertiary/aromatic N) is 2.